The average molecular weight is 411 g/mol. The van der Waals surface area contributed by atoms with Crippen LogP contribution in [0.15, 0.2) is 42.6 Å². The number of para-hydroxylation sites is 2. The third kappa shape index (κ3) is 4.75. The van der Waals surface area contributed by atoms with Crippen molar-refractivity contribution in [3.63, 3.8) is 0 Å². The summed E-state index contributed by atoms with van der Waals surface area (Å²) in [6, 6.07) is 10.5. The smallest absolute Gasteiger partial charge is 0.359 e. The second kappa shape index (κ2) is 9.55. The number of methoxy groups -OCH3 is 3. The number of benzene rings is 2. The molecule has 0 aliphatic carbocycles. The molecule has 0 aliphatic rings. The summed E-state index contributed by atoms with van der Waals surface area (Å²) in [4.78, 5) is 32.6. The first-order valence-corrected chi connectivity index (χ1v) is 9.00. The summed E-state index contributed by atoms with van der Waals surface area (Å²) < 4.78 is 20.9. The lowest BCUT2D eigenvalue weighted by molar-refractivity contribution is -0.124. The molecule has 0 atom stereocenters. The SMILES string of the molecule is COc1cc(OC)c(OC)cc1CNC(=O)COC(=O)c1cnc2ccccc2n1. The van der Waals surface area contributed by atoms with E-state index in [0.29, 0.717) is 33.8 Å². The predicted molar refractivity (Wildman–Crippen MR) is 108 cm³/mol. The zero-order valence-corrected chi connectivity index (χ0v) is 16.8. The lowest BCUT2D eigenvalue weighted by atomic mass is 10.1. The summed E-state index contributed by atoms with van der Waals surface area (Å²) >= 11 is 0. The largest absolute Gasteiger partial charge is 0.496 e. The van der Waals surface area contributed by atoms with E-state index in [1.54, 1.807) is 30.3 Å². The molecule has 3 aromatic rings. The van der Waals surface area contributed by atoms with Crippen LogP contribution in [0, 0.1) is 0 Å². The van der Waals surface area contributed by atoms with E-state index in [1.807, 2.05) is 6.07 Å². The maximum absolute atomic E-state index is 12.2. The molecule has 9 heteroatoms. The topological polar surface area (TPSA) is 109 Å². The normalized spacial score (nSPS) is 10.4. The van der Waals surface area contributed by atoms with Gasteiger partial charge in [0.2, 0.25) is 0 Å². The number of hydrogen-bond acceptors (Lipinski definition) is 8. The van der Waals surface area contributed by atoms with E-state index >= 15 is 0 Å². The minimum atomic E-state index is -0.730. The molecule has 0 spiro atoms. The number of hydrogen-bond donors (Lipinski definition) is 1. The van der Waals surface area contributed by atoms with Gasteiger partial charge in [0.1, 0.15) is 5.75 Å². The van der Waals surface area contributed by atoms with Crippen LogP contribution in [-0.4, -0.2) is 49.8 Å². The molecule has 3 rings (SSSR count). The summed E-state index contributed by atoms with van der Waals surface area (Å²) in [6.07, 6.45) is 1.32. The van der Waals surface area contributed by atoms with E-state index in [4.69, 9.17) is 18.9 Å². The first-order chi connectivity index (χ1) is 14.5. The zero-order chi connectivity index (χ0) is 21.5. The Morgan fingerprint density at radius 2 is 1.60 bits per heavy atom. The number of amides is 1. The fourth-order valence-corrected chi connectivity index (χ4v) is 2.74. The van der Waals surface area contributed by atoms with Gasteiger partial charge in [0, 0.05) is 18.2 Å². The molecule has 0 bridgehead atoms. The van der Waals surface area contributed by atoms with Crippen molar-refractivity contribution in [1.82, 2.24) is 15.3 Å². The van der Waals surface area contributed by atoms with Crippen LogP contribution in [0.2, 0.25) is 0 Å². The molecule has 1 N–H and O–H groups in total. The van der Waals surface area contributed by atoms with E-state index in [-0.39, 0.29) is 12.2 Å². The van der Waals surface area contributed by atoms with E-state index in [2.05, 4.69) is 15.3 Å². The van der Waals surface area contributed by atoms with Crippen molar-refractivity contribution < 1.29 is 28.5 Å². The molecule has 1 aromatic heterocycles. The minimum Gasteiger partial charge on any atom is -0.496 e. The van der Waals surface area contributed by atoms with Crippen LogP contribution >= 0.6 is 0 Å². The Bertz CT molecular complexity index is 1070. The molecule has 0 radical (unpaired) electrons. The van der Waals surface area contributed by atoms with Gasteiger partial charge >= 0.3 is 5.97 Å². The second-order valence-corrected chi connectivity index (χ2v) is 6.12. The number of ether oxygens (including phenoxy) is 4. The summed E-state index contributed by atoms with van der Waals surface area (Å²) in [5.41, 5.74) is 1.94. The van der Waals surface area contributed by atoms with Crippen molar-refractivity contribution in [3.8, 4) is 17.2 Å². The highest BCUT2D eigenvalue weighted by Crippen LogP contribution is 2.34. The highest BCUT2D eigenvalue weighted by molar-refractivity contribution is 5.91. The molecule has 0 fully saturated rings. The lowest BCUT2D eigenvalue weighted by Crippen LogP contribution is -2.28. The third-order valence-corrected chi connectivity index (χ3v) is 4.25. The van der Waals surface area contributed by atoms with Gasteiger partial charge in [-0.2, -0.15) is 0 Å². The number of nitrogens with zero attached hydrogens (tertiary/aromatic N) is 2. The molecule has 0 unspecified atom stereocenters. The quantitative estimate of drug-likeness (QED) is 0.562. The fourth-order valence-electron chi connectivity index (χ4n) is 2.74. The summed E-state index contributed by atoms with van der Waals surface area (Å²) in [6.45, 7) is -0.307. The van der Waals surface area contributed by atoms with Crippen LogP contribution < -0.4 is 19.5 Å². The third-order valence-electron chi connectivity index (χ3n) is 4.25. The molecule has 156 valence electrons. The maximum Gasteiger partial charge on any atom is 0.359 e. The molecule has 0 aliphatic heterocycles. The van der Waals surface area contributed by atoms with Crippen molar-refractivity contribution in [2.45, 2.75) is 6.54 Å². The second-order valence-electron chi connectivity index (χ2n) is 6.12. The van der Waals surface area contributed by atoms with Crippen LogP contribution in [-0.2, 0) is 16.1 Å². The highest BCUT2D eigenvalue weighted by atomic mass is 16.5. The molecule has 1 heterocycles. The van der Waals surface area contributed by atoms with Crippen molar-refractivity contribution in [3.05, 3.63) is 53.9 Å². The number of carbonyl (C=O) groups is 2. The molecule has 1 amide bonds. The molecule has 30 heavy (non-hydrogen) atoms. The van der Waals surface area contributed by atoms with E-state index in [1.165, 1.54) is 27.5 Å². The fraction of sp³-hybridized carbons (Fsp3) is 0.238. The number of rotatable bonds is 8. The first kappa shape index (κ1) is 20.8. The van der Waals surface area contributed by atoms with Gasteiger partial charge in [-0.05, 0) is 18.2 Å². The number of carbonyl (C=O) groups excluding carboxylic acids is 2. The van der Waals surface area contributed by atoms with Gasteiger partial charge in [-0.1, -0.05) is 12.1 Å². The summed E-state index contributed by atoms with van der Waals surface area (Å²) in [5.74, 6) is 0.330. The Morgan fingerprint density at radius 3 is 2.30 bits per heavy atom. The standard InChI is InChI=1S/C21H21N3O6/c1-27-17-9-19(29-3)18(28-2)8-13(17)10-23-20(25)12-30-21(26)16-11-22-14-6-4-5-7-15(14)24-16/h4-9,11H,10,12H2,1-3H3,(H,23,25). The van der Waals surface area contributed by atoms with Crippen LogP contribution in [0.5, 0.6) is 17.2 Å². The Hall–Kier alpha value is -3.88. The monoisotopic (exact) mass is 411 g/mol. The Balaban J connectivity index is 1.58. The number of aromatic nitrogens is 2. The Kier molecular flexibility index (Phi) is 6.63. The van der Waals surface area contributed by atoms with Gasteiger partial charge in [0.25, 0.3) is 5.91 Å². The maximum atomic E-state index is 12.2. The number of nitrogens with one attached hydrogen (secondary N) is 1. The Morgan fingerprint density at radius 1 is 0.933 bits per heavy atom. The average Bonchev–Trinajstić information content (AvgIpc) is 2.80. The van der Waals surface area contributed by atoms with Crippen molar-refractivity contribution in [2.75, 3.05) is 27.9 Å². The summed E-state index contributed by atoms with van der Waals surface area (Å²) in [5, 5.41) is 2.67. The molecular weight excluding hydrogens is 390 g/mol. The van der Waals surface area contributed by atoms with Crippen molar-refractivity contribution in [2.24, 2.45) is 0 Å². The molecule has 0 saturated heterocycles. The van der Waals surface area contributed by atoms with E-state index in [0.717, 1.165) is 0 Å². The predicted octanol–water partition coefficient (Wildman–Crippen LogP) is 2.13. The highest BCUT2D eigenvalue weighted by Gasteiger charge is 2.15. The van der Waals surface area contributed by atoms with Crippen molar-refractivity contribution in [1.29, 1.82) is 0 Å². The minimum absolute atomic E-state index is 0.0306. The van der Waals surface area contributed by atoms with E-state index in [9.17, 15) is 9.59 Å². The van der Waals surface area contributed by atoms with Crippen LogP contribution in [0.3, 0.4) is 0 Å². The van der Waals surface area contributed by atoms with E-state index < -0.39 is 18.5 Å². The van der Waals surface area contributed by atoms with Crippen molar-refractivity contribution >= 4 is 22.9 Å². The van der Waals surface area contributed by atoms with Gasteiger partial charge in [-0.15, -0.1) is 0 Å². The molecular formula is C21H21N3O6. The van der Waals surface area contributed by atoms with Gasteiger partial charge in [0.05, 0.1) is 38.6 Å². The van der Waals surface area contributed by atoms with Gasteiger partial charge in [-0.25, -0.2) is 9.78 Å². The first-order valence-electron chi connectivity index (χ1n) is 9.00. The Labute approximate surface area is 172 Å². The van der Waals surface area contributed by atoms with Crippen LogP contribution in [0.4, 0.5) is 0 Å². The van der Waals surface area contributed by atoms with Gasteiger partial charge in [0.15, 0.2) is 23.8 Å². The lowest BCUT2D eigenvalue weighted by Gasteiger charge is -2.14. The van der Waals surface area contributed by atoms with Gasteiger partial charge < -0.3 is 24.3 Å². The number of esters is 1. The van der Waals surface area contributed by atoms with Crippen LogP contribution in [0.25, 0.3) is 11.0 Å². The van der Waals surface area contributed by atoms with Gasteiger partial charge in [-0.3, -0.25) is 9.78 Å². The number of fused-ring (bicyclic) bond motifs is 1. The molecule has 9 nitrogen and oxygen atoms in total. The van der Waals surface area contributed by atoms with Crippen LogP contribution in [0.1, 0.15) is 16.1 Å². The molecule has 2 aromatic carbocycles. The molecule has 0 saturated carbocycles. The summed E-state index contributed by atoms with van der Waals surface area (Å²) in [7, 11) is 4.55. The zero-order valence-electron chi connectivity index (χ0n) is 16.8.